The van der Waals surface area contributed by atoms with Gasteiger partial charge in [-0.1, -0.05) is 24.2 Å². The molecule has 0 aliphatic heterocycles. The number of nitrogens with one attached hydrogen (secondary N) is 2. The first-order chi connectivity index (χ1) is 13.2. The minimum atomic E-state index is 0. The molecule has 1 atom stereocenters. The lowest BCUT2D eigenvalue weighted by atomic mass is 10.1. The zero-order valence-corrected chi connectivity index (χ0v) is 19.1. The molecule has 28 heavy (non-hydrogen) atoms. The highest BCUT2D eigenvalue weighted by Gasteiger charge is 2.10. The Bertz CT molecular complexity index is 837. The summed E-state index contributed by atoms with van der Waals surface area (Å²) in [6.07, 6.45) is 3.42. The highest BCUT2D eigenvalue weighted by Crippen LogP contribution is 2.14. The third kappa shape index (κ3) is 6.86. The average molecular weight is 512 g/mol. The molecule has 3 aromatic rings. The van der Waals surface area contributed by atoms with Crippen LogP contribution in [0.1, 0.15) is 17.6 Å². The lowest BCUT2D eigenvalue weighted by Crippen LogP contribution is -2.40. The molecule has 0 amide bonds. The highest BCUT2D eigenvalue weighted by atomic mass is 127. The molecule has 3 aromatic heterocycles. The Hall–Kier alpha value is -2.01. The minimum Gasteiger partial charge on any atom is -0.356 e. The van der Waals surface area contributed by atoms with Crippen LogP contribution in [0.5, 0.6) is 0 Å². The van der Waals surface area contributed by atoms with Crippen molar-refractivity contribution in [2.45, 2.75) is 19.8 Å². The SMILES string of the molecule is CN=C(NCCc1noc(-c2ccccn2)n1)NCC(C)Cc1cccs1.I. The Morgan fingerprint density at radius 1 is 1.25 bits per heavy atom. The number of guanidine groups is 1. The van der Waals surface area contributed by atoms with Crippen LogP contribution in [0.4, 0.5) is 0 Å². The van der Waals surface area contributed by atoms with Gasteiger partial charge in [-0.25, -0.2) is 0 Å². The maximum atomic E-state index is 5.27. The highest BCUT2D eigenvalue weighted by molar-refractivity contribution is 14.0. The van der Waals surface area contributed by atoms with E-state index in [1.165, 1.54) is 4.88 Å². The van der Waals surface area contributed by atoms with Gasteiger partial charge in [0.2, 0.25) is 0 Å². The Morgan fingerprint density at radius 3 is 2.86 bits per heavy atom. The van der Waals surface area contributed by atoms with E-state index in [0.29, 0.717) is 36.3 Å². The van der Waals surface area contributed by atoms with Crippen molar-refractivity contribution in [1.29, 1.82) is 0 Å². The van der Waals surface area contributed by atoms with Crippen molar-refractivity contribution < 1.29 is 4.52 Å². The van der Waals surface area contributed by atoms with Crippen LogP contribution in [0.25, 0.3) is 11.6 Å². The second-order valence-electron chi connectivity index (χ2n) is 6.25. The molecule has 0 saturated carbocycles. The van der Waals surface area contributed by atoms with Crippen LogP contribution in [-0.2, 0) is 12.8 Å². The number of thiophene rings is 1. The van der Waals surface area contributed by atoms with Gasteiger partial charge >= 0.3 is 0 Å². The van der Waals surface area contributed by atoms with Crippen molar-refractivity contribution in [3.05, 3.63) is 52.6 Å². The van der Waals surface area contributed by atoms with Gasteiger partial charge in [0.25, 0.3) is 5.89 Å². The van der Waals surface area contributed by atoms with E-state index >= 15 is 0 Å². The van der Waals surface area contributed by atoms with Gasteiger partial charge < -0.3 is 15.2 Å². The van der Waals surface area contributed by atoms with E-state index < -0.39 is 0 Å². The number of rotatable bonds is 8. The van der Waals surface area contributed by atoms with E-state index in [1.54, 1.807) is 24.6 Å². The summed E-state index contributed by atoms with van der Waals surface area (Å²) in [5, 5.41) is 12.8. The fourth-order valence-corrected chi connectivity index (χ4v) is 3.45. The summed E-state index contributed by atoms with van der Waals surface area (Å²) in [6, 6.07) is 9.86. The molecule has 1 unspecified atom stereocenters. The summed E-state index contributed by atoms with van der Waals surface area (Å²) in [5.41, 5.74) is 0.682. The predicted octanol–water partition coefficient (Wildman–Crippen LogP) is 3.40. The predicted molar refractivity (Wildman–Crippen MR) is 123 cm³/mol. The van der Waals surface area contributed by atoms with Gasteiger partial charge in [-0.05, 0) is 35.9 Å². The third-order valence-electron chi connectivity index (χ3n) is 3.96. The monoisotopic (exact) mass is 512 g/mol. The maximum absolute atomic E-state index is 5.27. The van der Waals surface area contributed by atoms with Crippen molar-refractivity contribution in [2.24, 2.45) is 10.9 Å². The lowest BCUT2D eigenvalue weighted by Gasteiger charge is -2.15. The molecular formula is C19H25IN6OS. The lowest BCUT2D eigenvalue weighted by molar-refractivity contribution is 0.421. The maximum Gasteiger partial charge on any atom is 0.276 e. The molecule has 7 nitrogen and oxygen atoms in total. The molecule has 0 fully saturated rings. The summed E-state index contributed by atoms with van der Waals surface area (Å²) in [4.78, 5) is 14.3. The number of aromatic nitrogens is 3. The number of aliphatic imine (C=N–C) groups is 1. The summed E-state index contributed by atoms with van der Waals surface area (Å²) in [7, 11) is 1.77. The number of hydrogen-bond donors (Lipinski definition) is 2. The van der Waals surface area contributed by atoms with Crippen molar-refractivity contribution in [3.63, 3.8) is 0 Å². The van der Waals surface area contributed by atoms with Gasteiger partial charge in [-0.2, -0.15) is 4.98 Å². The quantitative estimate of drug-likeness (QED) is 0.273. The Kier molecular flexibility index (Phi) is 9.35. The number of pyridine rings is 1. The second kappa shape index (κ2) is 11.7. The summed E-state index contributed by atoms with van der Waals surface area (Å²) in [5.74, 6) is 2.39. The zero-order valence-electron chi connectivity index (χ0n) is 16.0. The average Bonchev–Trinajstić information content (AvgIpc) is 3.37. The number of nitrogens with zero attached hydrogens (tertiary/aromatic N) is 4. The van der Waals surface area contributed by atoms with Crippen molar-refractivity contribution in [3.8, 4) is 11.6 Å². The summed E-state index contributed by atoms with van der Waals surface area (Å²) >= 11 is 1.80. The van der Waals surface area contributed by atoms with E-state index in [0.717, 1.165) is 18.9 Å². The summed E-state index contributed by atoms with van der Waals surface area (Å²) < 4.78 is 5.27. The van der Waals surface area contributed by atoms with Crippen LogP contribution >= 0.6 is 35.3 Å². The van der Waals surface area contributed by atoms with Gasteiger partial charge in [0.1, 0.15) is 5.69 Å². The molecule has 0 radical (unpaired) electrons. The zero-order chi connectivity index (χ0) is 18.9. The molecule has 0 saturated heterocycles. The van der Waals surface area contributed by atoms with Gasteiger partial charge in [-0.15, -0.1) is 35.3 Å². The molecule has 0 bridgehead atoms. The fraction of sp³-hybridized carbons (Fsp3) is 0.368. The Morgan fingerprint density at radius 2 is 2.14 bits per heavy atom. The van der Waals surface area contributed by atoms with E-state index in [9.17, 15) is 0 Å². The minimum absolute atomic E-state index is 0. The number of hydrogen-bond acceptors (Lipinski definition) is 6. The molecule has 150 valence electrons. The van der Waals surface area contributed by atoms with Crippen LogP contribution in [0, 0.1) is 5.92 Å². The van der Waals surface area contributed by atoms with Crippen LogP contribution in [0.15, 0.2) is 51.4 Å². The normalized spacial score (nSPS) is 12.3. The Labute approximate surface area is 186 Å². The van der Waals surface area contributed by atoms with E-state index in [1.807, 2.05) is 18.2 Å². The van der Waals surface area contributed by atoms with Crippen LogP contribution < -0.4 is 10.6 Å². The van der Waals surface area contributed by atoms with Gasteiger partial charge in [-0.3, -0.25) is 9.98 Å². The van der Waals surface area contributed by atoms with Gasteiger partial charge in [0.05, 0.1) is 0 Å². The van der Waals surface area contributed by atoms with E-state index in [2.05, 4.69) is 55.2 Å². The van der Waals surface area contributed by atoms with Gasteiger partial charge in [0.15, 0.2) is 11.8 Å². The molecule has 0 aliphatic rings. The standard InChI is InChI=1S/C19H24N6OS.HI/c1-14(12-15-6-5-11-27-15)13-23-19(20-2)22-10-8-17-24-18(26-25-17)16-7-3-4-9-21-16;/h3-7,9,11,14H,8,10,12-13H2,1-2H3,(H2,20,22,23);1H. The largest absolute Gasteiger partial charge is 0.356 e. The Balaban J connectivity index is 0.00000280. The first kappa shape index (κ1) is 22.3. The molecule has 0 aliphatic carbocycles. The van der Waals surface area contributed by atoms with E-state index in [4.69, 9.17) is 4.52 Å². The molecule has 9 heteroatoms. The second-order valence-corrected chi connectivity index (χ2v) is 7.28. The van der Waals surface area contributed by atoms with Crippen molar-refractivity contribution in [1.82, 2.24) is 25.8 Å². The topological polar surface area (TPSA) is 88.2 Å². The van der Waals surface area contributed by atoms with Crippen molar-refractivity contribution >= 4 is 41.3 Å². The molecular weight excluding hydrogens is 487 g/mol. The van der Waals surface area contributed by atoms with E-state index in [-0.39, 0.29) is 24.0 Å². The van der Waals surface area contributed by atoms with Crippen molar-refractivity contribution in [2.75, 3.05) is 20.1 Å². The fourth-order valence-electron chi connectivity index (χ4n) is 2.58. The molecule has 0 aromatic carbocycles. The smallest absolute Gasteiger partial charge is 0.276 e. The summed E-state index contributed by atoms with van der Waals surface area (Å²) in [6.45, 7) is 3.77. The first-order valence-corrected chi connectivity index (χ1v) is 9.83. The molecule has 3 heterocycles. The van der Waals surface area contributed by atoms with Crippen LogP contribution in [0.2, 0.25) is 0 Å². The van der Waals surface area contributed by atoms with Crippen LogP contribution in [0.3, 0.4) is 0 Å². The van der Waals surface area contributed by atoms with Crippen LogP contribution in [-0.4, -0.2) is 41.2 Å². The molecule has 0 spiro atoms. The third-order valence-corrected chi connectivity index (χ3v) is 4.86. The molecule has 3 rings (SSSR count). The first-order valence-electron chi connectivity index (χ1n) is 8.95. The van der Waals surface area contributed by atoms with Gasteiger partial charge in [0, 0.05) is 37.6 Å². The molecule has 2 N–H and O–H groups in total. The number of halogens is 1.